The Morgan fingerprint density at radius 3 is 3.00 bits per heavy atom. The summed E-state index contributed by atoms with van der Waals surface area (Å²) in [5, 5.41) is 11.4. The number of hydrogen-bond acceptors (Lipinski definition) is 6. The Morgan fingerprint density at radius 1 is 1.62 bits per heavy atom. The Hall–Kier alpha value is -1.47. The molecule has 0 aliphatic carbocycles. The van der Waals surface area contributed by atoms with Crippen LogP contribution < -0.4 is 5.32 Å². The molecule has 1 aliphatic rings. The zero-order chi connectivity index (χ0) is 15.5. The second-order valence-electron chi connectivity index (χ2n) is 4.33. The maximum absolute atomic E-state index is 12.6. The van der Waals surface area contributed by atoms with E-state index >= 15 is 0 Å². The number of ether oxygens (including phenoxy) is 1. The molecule has 1 N–H and O–H groups in total. The third-order valence-electron chi connectivity index (χ3n) is 2.99. The van der Waals surface area contributed by atoms with Gasteiger partial charge in [-0.1, -0.05) is 0 Å². The van der Waals surface area contributed by atoms with Crippen LogP contribution in [-0.4, -0.2) is 51.0 Å². The van der Waals surface area contributed by atoms with Crippen molar-refractivity contribution in [2.75, 3.05) is 26.3 Å². The molecule has 0 saturated carbocycles. The lowest BCUT2D eigenvalue weighted by atomic mass is 10.2. The van der Waals surface area contributed by atoms with Crippen LogP contribution in [0.3, 0.4) is 0 Å². The summed E-state index contributed by atoms with van der Waals surface area (Å²) in [6, 6.07) is 3.88. The van der Waals surface area contributed by atoms with E-state index in [1.807, 2.05) is 6.07 Å². The lowest BCUT2D eigenvalue weighted by Crippen LogP contribution is -2.55. The highest BCUT2D eigenvalue weighted by Crippen LogP contribution is 2.27. The Bertz CT molecular complexity index is 662. The topological polar surface area (TPSA) is 99.5 Å². The SMILES string of the molecule is CCNC(=O)C1COCCN1S(=O)(=O)c1ccc(C#N)s1. The molecule has 1 unspecified atom stereocenters. The van der Waals surface area contributed by atoms with E-state index in [-0.39, 0.29) is 29.9 Å². The number of nitriles is 1. The van der Waals surface area contributed by atoms with Crippen LogP contribution in [0.1, 0.15) is 11.8 Å². The number of nitrogens with one attached hydrogen (secondary N) is 1. The minimum absolute atomic E-state index is 0.0293. The first-order valence-electron chi connectivity index (χ1n) is 6.38. The van der Waals surface area contributed by atoms with Gasteiger partial charge in [0.05, 0.1) is 13.2 Å². The van der Waals surface area contributed by atoms with Crippen LogP contribution in [0.2, 0.25) is 0 Å². The molecule has 9 heteroatoms. The van der Waals surface area contributed by atoms with Crippen molar-refractivity contribution in [3.63, 3.8) is 0 Å². The van der Waals surface area contributed by atoms with Crippen molar-refractivity contribution >= 4 is 27.3 Å². The third-order valence-corrected chi connectivity index (χ3v) is 6.35. The summed E-state index contributed by atoms with van der Waals surface area (Å²) in [5.41, 5.74) is 0. The predicted octanol–water partition coefficient (Wildman–Crippen LogP) is 0.145. The van der Waals surface area contributed by atoms with Crippen LogP contribution in [0.4, 0.5) is 0 Å². The number of carbonyl (C=O) groups is 1. The molecule has 1 aliphatic heterocycles. The fraction of sp³-hybridized carbons (Fsp3) is 0.500. The van der Waals surface area contributed by atoms with E-state index in [1.54, 1.807) is 6.92 Å². The van der Waals surface area contributed by atoms with Crippen LogP contribution in [0.25, 0.3) is 0 Å². The molecule has 1 saturated heterocycles. The van der Waals surface area contributed by atoms with Gasteiger partial charge in [-0.15, -0.1) is 11.3 Å². The number of morpholine rings is 1. The largest absolute Gasteiger partial charge is 0.378 e. The van der Waals surface area contributed by atoms with Gasteiger partial charge in [-0.25, -0.2) is 8.42 Å². The second kappa shape index (κ2) is 6.53. The number of amides is 1. The molecule has 1 atom stereocenters. The number of likely N-dealkylation sites (N-methyl/N-ethyl adjacent to an activating group) is 1. The predicted molar refractivity (Wildman–Crippen MR) is 76.2 cm³/mol. The van der Waals surface area contributed by atoms with E-state index in [1.165, 1.54) is 12.1 Å². The maximum Gasteiger partial charge on any atom is 0.253 e. The Labute approximate surface area is 127 Å². The van der Waals surface area contributed by atoms with E-state index < -0.39 is 16.1 Å². The Balaban J connectivity index is 2.31. The number of sulfonamides is 1. The average Bonchev–Trinajstić information content (AvgIpc) is 2.97. The van der Waals surface area contributed by atoms with Crippen molar-refractivity contribution in [3.05, 3.63) is 17.0 Å². The summed E-state index contributed by atoms with van der Waals surface area (Å²) in [6.45, 7) is 2.57. The molecule has 0 radical (unpaired) electrons. The van der Waals surface area contributed by atoms with Crippen molar-refractivity contribution in [3.8, 4) is 6.07 Å². The van der Waals surface area contributed by atoms with Crippen LogP contribution in [0, 0.1) is 11.3 Å². The lowest BCUT2D eigenvalue weighted by molar-refractivity contribution is -0.129. The summed E-state index contributed by atoms with van der Waals surface area (Å²) in [7, 11) is -3.80. The van der Waals surface area contributed by atoms with Gasteiger partial charge in [-0.3, -0.25) is 4.79 Å². The quantitative estimate of drug-likeness (QED) is 0.847. The molecule has 7 nitrogen and oxygen atoms in total. The number of thiophene rings is 1. The fourth-order valence-corrected chi connectivity index (χ4v) is 4.80. The minimum atomic E-state index is -3.80. The summed E-state index contributed by atoms with van der Waals surface area (Å²) in [6.07, 6.45) is 0. The molecule has 114 valence electrons. The molecular formula is C12H15N3O4S2. The molecular weight excluding hydrogens is 314 g/mol. The van der Waals surface area contributed by atoms with E-state index in [9.17, 15) is 13.2 Å². The summed E-state index contributed by atoms with van der Waals surface area (Å²) in [4.78, 5) is 12.3. The van der Waals surface area contributed by atoms with Crippen LogP contribution in [0.5, 0.6) is 0 Å². The molecule has 21 heavy (non-hydrogen) atoms. The van der Waals surface area contributed by atoms with Crippen molar-refractivity contribution in [2.45, 2.75) is 17.2 Å². The van der Waals surface area contributed by atoms with Gasteiger partial charge < -0.3 is 10.1 Å². The van der Waals surface area contributed by atoms with E-state index in [2.05, 4.69) is 5.32 Å². The highest BCUT2D eigenvalue weighted by Gasteiger charge is 2.38. The molecule has 2 heterocycles. The van der Waals surface area contributed by atoms with Crippen LogP contribution in [0.15, 0.2) is 16.3 Å². The monoisotopic (exact) mass is 329 g/mol. The van der Waals surface area contributed by atoms with Gasteiger partial charge in [0, 0.05) is 13.1 Å². The average molecular weight is 329 g/mol. The Morgan fingerprint density at radius 2 is 2.38 bits per heavy atom. The number of hydrogen-bond donors (Lipinski definition) is 1. The van der Waals surface area contributed by atoms with Crippen molar-refractivity contribution in [2.24, 2.45) is 0 Å². The molecule has 1 aromatic heterocycles. The maximum atomic E-state index is 12.6. The highest BCUT2D eigenvalue weighted by atomic mass is 32.2. The van der Waals surface area contributed by atoms with Gasteiger partial charge in [0.15, 0.2) is 0 Å². The highest BCUT2D eigenvalue weighted by molar-refractivity contribution is 7.91. The second-order valence-corrected chi connectivity index (χ2v) is 7.53. The van der Waals surface area contributed by atoms with Gasteiger partial charge in [-0.2, -0.15) is 9.57 Å². The number of carbonyl (C=O) groups excluding carboxylic acids is 1. The van der Waals surface area contributed by atoms with Gasteiger partial charge in [0.25, 0.3) is 10.0 Å². The minimum Gasteiger partial charge on any atom is -0.378 e. The zero-order valence-corrected chi connectivity index (χ0v) is 13.0. The molecule has 2 rings (SSSR count). The van der Waals surface area contributed by atoms with Gasteiger partial charge in [0.2, 0.25) is 5.91 Å². The summed E-state index contributed by atoms with van der Waals surface area (Å²) < 4.78 is 31.7. The molecule has 1 fully saturated rings. The van der Waals surface area contributed by atoms with Gasteiger partial charge >= 0.3 is 0 Å². The van der Waals surface area contributed by atoms with Crippen molar-refractivity contribution < 1.29 is 17.9 Å². The van der Waals surface area contributed by atoms with Gasteiger partial charge in [0.1, 0.15) is 21.2 Å². The normalized spacial score (nSPS) is 19.9. The fourth-order valence-electron chi connectivity index (χ4n) is 2.01. The van der Waals surface area contributed by atoms with Crippen molar-refractivity contribution in [1.82, 2.24) is 9.62 Å². The van der Waals surface area contributed by atoms with Crippen molar-refractivity contribution in [1.29, 1.82) is 5.26 Å². The van der Waals surface area contributed by atoms with Crippen LogP contribution in [-0.2, 0) is 19.6 Å². The smallest absolute Gasteiger partial charge is 0.253 e. The Kier molecular flexibility index (Phi) is 4.95. The first kappa shape index (κ1) is 15.9. The standard InChI is InChI=1S/C12H15N3O4S2/c1-2-14-12(16)10-8-19-6-5-15(10)21(17,18)11-4-3-9(7-13)20-11/h3-4,10H,2,5-6,8H2,1H3,(H,14,16). The lowest BCUT2D eigenvalue weighted by Gasteiger charge is -2.33. The zero-order valence-electron chi connectivity index (χ0n) is 11.4. The molecule has 0 bridgehead atoms. The van der Waals surface area contributed by atoms with Crippen LogP contribution >= 0.6 is 11.3 Å². The van der Waals surface area contributed by atoms with E-state index in [0.29, 0.717) is 11.4 Å². The first-order valence-corrected chi connectivity index (χ1v) is 8.63. The summed E-state index contributed by atoms with van der Waals surface area (Å²) in [5.74, 6) is -0.377. The molecule has 0 spiro atoms. The molecule has 1 amide bonds. The summed E-state index contributed by atoms with van der Waals surface area (Å²) >= 11 is 0.897. The molecule has 1 aromatic rings. The van der Waals surface area contributed by atoms with E-state index in [4.69, 9.17) is 10.00 Å². The molecule has 0 aromatic carbocycles. The first-order chi connectivity index (χ1) is 10.0. The third kappa shape index (κ3) is 3.24. The van der Waals surface area contributed by atoms with E-state index in [0.717, 1.165) is 15.6 Å². The number of nitrogens with zero attached hydrogens (tertiary/aromatic N) is 2. The number of rotatable bonds is 4. The van der Waals surface area contributed by atoms with Gasteiger partial charge in [-0.05, 0) is 19.1 Å².